The van der Waals surface area contributed by atoms with Gasteiger partial charge in [-0.1, -0.05) is 84.9 Å². The van der Waals surface area contributed by atoms with Gasteiger partial charge in [0.25, 0.3) is 0 Å². The summed E-state index contributed by atoms with van der Waals surface area (Å²) in [6.45, 7) is 1.31. The topological polar surface area (TPSA) is 18.5 Å². The van der Waals surface area contributed by atoms with Crippen LogP contribution in [0, 0.1) is 0 Å². The van der Waals surface area contributed by atoms with Crippen LogP contribution in [0.4, 0.5) is 0 Å². The van der Waals surface area contributed by atoms with Crippen molar-refractivity contribution in [3.05, 3.63) is 127 Å². The van der Waals surface area contributed by atoms with Crippen molar-refractivity contribution in [1.29, 1.82) is 0 Å². The zero-order chi connectivity index (χ0) is 22.4. The number of benzene rings is 4. The number of hydrogen-bond acceptors (Lipinski definition) is 2. The Hall–Kier alpha value is -2.77. The fraction of sp³-hybridized carbons (Fsp3) is 0.200. The predicted octanol–water partition coefficient (Wildman–Crippen LogP) is 5.36. The van der Waals surface area contributed by atoms with Crippen LogP contribution in [0.1, 0.15) is 12.0 Å². The molecule has 4 aromatic rings. The molecule has 0 spiro atoms. The first-order valence-corrected chi connectivity index (χ1v) is 13.7. The highest BCUT2D eigenvalue weighted by Crippen LogP contribution is 2.57. The lowest BCUT2D eigenvalue weighted by molar-refractivity contribution is -0.157. The van der Waals surface area contributed by atoms with Crippen LogP contribution >= 0.6 is 7.26 Å². The molecule has 33 heavy (non-hydrogen) atoms. The third-order valence-electron chi connectivity index (χ3n) is 6.55. The lowest BCUT2D eigenvalue weighted by Crippen LogP contribution is -2.39. The fourth-order valence-corrected chi connectivity index (χ4v) is 9.35. The van der Waals surface area contributed by atoms with Crippen LogP contribution in [-0.4, -0.2) is 25.2 Å². The van der Waals surface area contributed by atoms with Gasteiger partial charge in [0.2, 0.25) is 0 Å². The molecule has 1 fully saturated rings. The second-order valence-corrected chi connectivity index (χ2v) is 12.2. The summed E-state index contributed by atoms with van der Waals surface area (Å²) in [6.07, 6.45) is 2.60. The van der Waals surface area contributed by atoms with Crippen LogP contribution in [0.2, 0.25) is 0 Å². The molecule has 4 aromatic carbocycles. The van der Waals surface area contributed by atoms with Crippen LogP contribution in [0.25, 0.3) is 0 Å². The van der Waals surface area contributed by atoms with E-state index < -0.39 is 13.0 Å². The fourth-order valence-electron chi connectivity index (χ4n) is 4.96. The molecule has 1 saturated heterocycles. The van der Waals surface area contributed by atoms with Gasteiger partial charge < -0.3 is 9.47 Å². The van der Waals surface area contributed by atoms with Gasteiger partial charge in [-0.2, -0.15) is 0 Å². The quantitative estimate of drug-likeness (QED) is 0.335. The highest BCUT2D eigenvalue weighted by molar-refractivity contribution is 7.95. The average molecular weight is 454 g/mol. The predicted molar refractivity (Wildman–Crippen MR) is 139 cm³/mol. The summed E-state index contributed by atoms with van der Waals surface area (Å²) in [7, 11) is -1.91. The molecule has 3 heteroatoms. The molecule has 0 N–H and O–H groups in total. The average Bonchev–Trinajstić information content (AvgIpc) is 3.35. The van der Waals surface area contributed by atoms with E-state index in [-0.39, 0.29) is 0 Å². The second-order valence-electron chi connectivity index (χ2n) is 8.56. The van der Waals surface area contributed by atoms with Crippen molar-refractivity contribution in [1.82, 2.24) is 0 Å². The summed E-state index contributed by atoms with van der Waals surface area (Å²) >= 11 is 0. The lowest BCUT2D eigenvalue weighted by atomic mass is 10.0. The number of hydrogen-bond donors (Lipinski definition) is 0. The van der Waals surface area contributed by atoms with Crippen LogP contribution in [-0.2, 0) is 15.9 Å². The zero-order valence-electron chi connectivity index (χ0n) is 18.8. The maximum Gasteiger partial charge on any atom is 0.175 e. The van der Waals surface area contributed by atoms with Gasteiger partial charge in [0.05, 0.1) is 19.4 Å². The number of rotatable bonds is 8. The Balaban J connectivity index is 1.59. The molecule has 0 unspecified atom stereocenters. The molecule has 0 saturated carbocycles. The van der Waals surface area contributed by atoms with E-state index >= 15 is 0 Å². The molecular formula is C30H30O2P+. The van der Waals surface area contributed by atoms with Crippen molar-refractivity contribution in [2.24, 2.45) is 0 Å². The molecule has 0 bridgehead atoms. The van der Waals surface area contributed by atoms with Gasteiger partial charge in [-0.15, -0.1) is 0 Å². The van der Waals surface area contributed by atoms with Crippen molar-refractivity contribution in [2.75, 3.05) is 19.4 Å². The minimum atomic E-state index is -1.91. The van der Waals surface area contributed by atoms with Crippen LogP contribution < -0.4 is 15.9 Å². The third kappa shape index (κ3) is 4.66. The van der Waals surface area contributed by atoms with Crippen molar-refractivity contribution in [3.8, 4) is 0 Å². The third-order valence-corrected chi connectivity index (χ3v) is 11.0. The maximum atomic E-state index is 6.34. The molecule has 1 heterocycles. The van der Waals surface area contributed by atoms with E-state index in [9.17, 15) is 0 Å². The first-order chi connectivity index (χ1) is 16.3. The van der Waals surface area contributed by atoms with Gasteiger partial charge >= 0.3 is 0 Å². The van der Waals surface area contributed by atoms with Crippen molar-refractivity contribution in [2.45, 2.75) is 18.6 Å². The van der Waals surface area contributed by atoms with E-state index in [4.69, 9.17) is 9.47 Å². The molecule has 0 radical (unpaired) electrons. The first-order valence-electron chi connectivity index (χ1n) is 11.7. The summed E-state index contributed by atoms with van der Waals surface area (Å²) in [5.41, 5.74) is 1.25. The Morgan fingerprint density at radius 2 is 0.939 bits per heavy atom. The van der Waals surface area contributed by atoms with E-state index in [0.717, 1.165) is 19.0 Å². The molecule has 0 atom stereocenters. The Morgan fingerprint density at radius 1 is 0.545 bits per heavy atom. The standard InChI is InChI=1S/C30H30O2P/c1-5-13-26(14-6-1)25-30(31-22-23-32-30)21-24-33(27-15-7-2-8-16-27,28-17-9-3-10-18-28)29-19-11-4-12-20-29/h1-20H,21-25H2/q+1. The van der Waals surface area contributed by atoms with Gasteiger partial charge in [-0.05, 0) is 42.0 Å². The molecule has 1 aliphatic heterocycles. The maximum absolute atomic E-state index is 6.34. The number of ether oxygens (including phenoxy) is 2. The van der Waals surface area contributed by atoms with Crippen molar-refractivity contribution in [3.63, 3.8) is 0 Å². The molecular weight excluding hydrogens is 423 g/mol. The highest BCUT2D eigenvalue weighted by Gasteiger charge is 2.48. The zero-order valence-corrected chi connectivity index (χ0v) is 19.7. The summed E-state index contributed by atoms with van der Waals surface area (Å²) in [5, 5.41) is 4.20. The molecule has 1 aliphatic rings. The van der Waals surface area contributed by atoms with E-state index in [0.29, 0.717) is 13.2 Å². The summed E-state index contributed by atoms with van der Waals surface area (Å²) in [4.78, 5) is 0. The van der Waals surface area contributed by atoms with Crippen LogP contribution in [0.5, 0.6) is 0 Å². The Bertz CT molecular complexity index is 1030. The van der Waals surface area contributed by atoms with E-state index in [1.807, 2.05) is 0 Å². The summed E-state index contributed by atoms with van der Waals surface area (Å²) in [5.74, 6) is -0.578. The van der Waals surface area contributed by atoms with Gasteiger partial charge in [-0.3, -0.25) is 0 Å². The van der Waals surface area contributed by atoms with Gasteiger partial charge in [-0.25, -0.2) is 0 Å². The van der Waals surface area contributed by atoms with Crippen molar-refractivity contribution >= 4 is 23.2 Å². The molecule has 0 aliphatic carbocycles. The minimum Gasteiger partial charge on any atom is -0.347 e. The smallest absolute Gasteiger partial charge is 0.175 e. The second kappa shape index (κ2) is 10.0. The summed E-state index contributed by atoms with van der Waals surface area (Å²) < 4.78 is 12.7. The van der Waals surface area contributed by atoms with Gasteiger partial charge in [0, 0.05) is 12.8 Å². The van der Waals surface area contributed by atoms with Crippen molar-refractivity contribution < 1.29 is 9.47 Å². The Labute approximate surface area is 197 Å². The Kier molecular flexibility index (Phi) is 6.69. The van der Waals surface area contributed by atoms with E-state index in [2.05, 4.69) is 121 Å². The molecule has 5 rings (SSSR count). The highest BCUT2D eigenvalue weighted by atomic mass is 31.2. The van der Waals surface area contributed by atoms with E-state index in [1.54, 1.807) is 0 Å². The van der Waals surface area contributed by atoms with Gasteiger partial charge in [0.15, 0.2) is 5.79 Å². The van der Waals surface area contributed by atoms with Crippen LogP contribution in [0.3, 0.4) is 0 Å². The SMILES string of the molecule is c1ccc(CC2(CC[P+](c3ccccc3)(c3ccccc3)c3ccccc3)OCCO2)cc1. The van der Waals surface area contributed by atoms with E-state index in [1.165, 1.54) is 21.5 Å². The van der Waals surface area contributed by atoms with Gasteiger partial charge in [0.1, 0.15) is 23.2 Å². The molecule has 2 nitrogen and oxygen atoms in total. The largest absolute Gasteiger partial charge is 0.347 e. The monoisotopic (exact) mass is 453 g/mol. The minimum absolute atomic E-state index is 0.578. The van der Waals surface area contributed by atoms with Crippen LogP contribution in [0.15, 0.2) is 121 Å². The molecule has 166 valence electrons. The normalized spacial score (nSPS) is 15.4. The lowest BCUT2D eigenvalue weighted by Gasteiger charge is -2.33. The Morgan fingerprint density at radius 3 is 1.36 bits per heavy atom. The first kappa shape index (κ1) is 22.0. The molecule has 0 amide bonds. The molecule has 0 aromatic heterocycles. The summed E-state index contributed by atoms with van der Waals surface area (Å²) in [6, 6.07) is 43.7.